The van der Waals surface area contributed by atoms with Crippen LogP contribution < -0.4 is 0 Å². The Morgan fingerprint density at radius 3 is 2.57 bits per heavy atom. The second kappa shape index (κ2) is 5.77. The van der Waals surface area contributed by atoms with Crippen molar-refractivity contribution in [1.82, 2.24) is 9.80 Å². The number of aliphatic carboxylic acids is 1. The van der Waals surface area contributed by atoms with Crippen LogP contribution in [0.25, 0.3) is 0 Å². The van der Waals surface area contributed by atoms with Crippen molar-refractivity contribution in [2.75, 3.05) is 26.2 Å². The Bertz CT molecular complexity index is 540. The molecule has 1 aliphatic carbocycles. The summed E-state index contributed by atoms with van der Waals surface area (Å²) < 4.78 is 0. The van der Waals surface area contributed by atoms with Gasteiger partial charge in [-0.1, -0.05) is 0 Å². The molecule has 1 N–H and O–H groups in total. The van der Waals surface area contributed by atoms with E-state index in [9.17, 15) is 9.59 Å². The maximum atomic E-state index is 12.5. The third-order valence-electron chi connectivity index (χ3n) is 4.46. The zero-order valence-electron chi connectivity index (χ0n) is 12.2. The lowest BCUT2D eigenvalue weighted by Gasteiger charge is -2.36. The predicted molar refractivity (Wildman–Crippen MR) is 80.9 cm³/mol. The van der Waals surface area contributed by atoms with Gasteiger partial charge in [-0.2, -0.15) is 0 Å². The lowest BCUT2D eigenvalue weighted by Crippen LogP contribution is -2.53. The zero-order valence-corrected chi connectivity index (χ0v) is 13.0. The van der Waals surface area contributed by atoms with E-state index >= 15 is 0 Å². The molecule has 1 atom stereocenters. The Balaban J connectivity index is 1.61. The van der Waals surface area contributed by atoms with Gasteiger partial charge in [0.2, 0.25) is 0 Å². The number of rotatable bonds is 3. The normalized spacial score (nSPS) is 20.3. The fourth-order valence-corrected chi connectivity index (χ4v) is 4.28. The molecule has 3 rings (SSSR count). The summed E-state index contributed by atoms with van der Waals surface area (Å²) in [4.78, 5) is 29.5. The molecule has 0 aromatic carbocycles. The molecule has 0 spiro atoms. The summed E-state index contributed by atoms with van der Waals surface area (Å²) in [7, 11) is 0. The number of hydrogen-bond donors (Lipinski definition) is 1. The minimum absolute atomic E-state index is 0.108. The number of carbonyl (C=O) groups is 2. The molecule has 1 saturated heterocycles. The van der Waals surface area contributed by atoms with Gasteiger partial charge < -0.3 is 10.0 Å². The number of hydrogen-bond acceptors (Lipinski definition) is 4. The van der Waals surface area contributed by atoms with E-state index in [0.717, 1.165) is 17.7 Å². The monoisotopic (exact) mass is 308 g/mol. The van der Waals surface area contributed by atoms with Crippen LogP contribution in [0.2, 0.25) is 0 Å². The van der Waals surface area contributed by atoms with Crippen molar-refractivity contribution in [2.45, 2.75) is 32.2 Å². The molecule has 1 fully saturated rings. The minimum Gasteiger partial charge on any atom is -0.480 e. The summed E-state index contributed by atoms with van der Waals surface area (Å²) in [5, 5.41) is 9.03. The summed E-state index contributed by atoms with van der Waals surface area (Å²) in [6.07, 6.45) is 3.42. The molecule has 6 heteroatoms. The quantitative estimate of drug-likeness (QED) is 0.918. The second-order valence-electron chi connectivity index (χ2n) is 5.75. The number of aryl methyl sites for hydroxylation is 2. The first kappa shape index (κ1) is 14.5. The summed E-state index contributed by atoms with van der Waals surface area (Å²) in [6.45, 7) is 4.18. The van der Waals surface area contributed by atoms with Crippen molar-refractivity contribution >= 4 is 23.2 Å². The summed E-state index contributed by atoms with van der Waals surface area (Å²) >= 11 is 1.64. The van der Waals surface area contributed by atoms with Crippen LogP contribution in [0.5, 0.6) is 0 Å². The number of carboxylic acids is 1. The molecule has 1 aromatic rings. The third-order valence-corrected chi connectivity index (χ3v) is 5.69. The number of carboxylic acid groups (broad SMARTS) is 1. The molecule has 1 amide bonds. The van der Waals surface area contributed by atoms with E-state index in [0.29, 0.717) is 26.2 Å². The van der Waals surface area contributed by atoms with Crippen LogP contribution in [-0.2, 0) is 17.6 Å². The van der Waals surface area contributed by atoms with Crippen LogP contribution in [0.3, 0.4) is 0 Å². The lowest BCUT2D eigenvalue weighted by molar-refractivity contribution is -0.143. The van der Waals surface area contributed by atoms with Gasteiger partial charge >= 0.3 is 5.97 Å². The van der Waals surface area contributed by atoms with Gasteiger partial charge in [0.15, 0.2) is 0 Å². The molecule has 21 heavy (non-hydrogen) atoms. The van der Waals surface area contributed by atoms with E-state index in [-0.39, 0.29) is 5.91 Å². The van der Waals surface area contributed by atoms with Crippen molar-refractivity contribution in [2.24, 2.45) is 0 Å². The van der Waals surface area contributed by atoms with E-state index in [1.807, 2.05) is 9.80 Å². The SMILES string of the molecule is CC(C(=O)O)N1CCN(C(=O)c2cc3c(s2)CCC3)CC1. The molecule has 2 aliphatic rings. The van der Waals surface area contributed by atoms with E-state index in [1.165, 1.54) is 16.9 Å². The number of piperazine rings is 1. The largest absolute Gasteiger partial charge is 0.480 e. The maximum Gasteiger partial charge on any atom is 0.320 e. The van der Waals surface area contributed by atoms with Crippen molar-refractivity contribution in [1.29, 1.82) is 0 Å². The van der Waals surface area contributed by atoms with Crippen LogP contribution in [0.4, 0.5) is 0 Å². The summed E-state index contributed by atoms with van der Waals surface area (Å²) in [6, 6.07) is 1.58. The van der Waals surface area contributed by atoms with E-state index in [1.54, 1.807) is 18.3 Å². The van der Waals surface area contributed by atoms with Gasteiger partial charge in [-0.3, -0.25) is 14.5 Å². The van der Waals surface area contributed by atoms with E-state index in [4.69, 9.17) is 5.11 Å². The van der Waals surface area contributed by atoms with Crippen LogP contribution in [0.1, 0.15) is 33.5 Å². The second-order valence-corrected chi connectivity index (χ2v) is 6.89. The van der Waals surface area contributed by atoms with Crippen LogP contribution >= 0.6 is 11.3 Å². The Kier molecular flexibility index (Phi) is 3.99. The van der Waals surface area contributed by atoms with Gasteiger partial charge in [-0.05, 0) is 37.8 Å². The number of amides is 1. The van der Waals surface area contributed by atoms with Gasteiger partial charge in [0.25, 0.3) is 5.91 Å². The van der Waals surface area contributed by atoms with Crippen molar-refractivity contribution < 1.29 is 14.7 Å². The molecule has 5 nitrogen and oxygen atoms in total. The first-order valence-corrected chi connectivity index (χ1v) is 8.25. The molecule has 0 saturated carbocycles. The minimum atomic E-state index is -0.801. The fraction of sp³-hybridized carbons (Fsp3) is 0.600. The Labute approximate surface area is 128 Å². The van der Waals surface area contributed by atoms with Gasteiger partial charge in [-0.15, -0.1) is 11.3 Å². The Morgan fingerprint density at radius 2 is 1.95 bits per heavy atom. The highest BCUT2D eigenvalue weighted by Gasteiger charge is 2.29. The zero-order chi connectivity index (χ0) is 15.0. The molecule has 0 bridgehead atoms. The van der Waals surface area contributed by atoms with Gasteiger partial charge in [-0.25, -0.2) is 0 Å². The highest BCUT2D eigenvalue weighted by atomic mass is 32.1. The number of fused-ring (bicyclic) bond motifs is 1. The number of carbonyl (C=O) groups excluding carboxylic acids is 1. The van der Waals surface area contributed by atoms with Gasteiger partial charge in [0.1, 0.15) is 6.04 Å². The standard InChI is InChI=1S/C15H20N2O3S/c1-10(15(19)20)16-5-7-17(8-6-16)14(18)13-9-11-3-2-4-12(11)21-13/h9-10H,2-8H2,1H3,(H,19,20). The first-order valence-electron chi connectivity index (χ1n) is 7.44. The predicted octanol–water partition coefficient (Wildman–Crippen LogP) is 1.47. The van der Waals surface area contributed by atoms with Crippen molar-refractivity contribution in [3.05, 3.63) is 21.4 Å². The molecular formula is C15H20N2O3S. The average molecular weight is 308 g/mol. The number of nitrogens with zero attached hydrogens (tertiary/aromatic N) is 2. The molecule has 2 heterocycles. The topological polar surface area (TPSA) is 60.9 Å². The van der Waals surface area contributed by atoms with Crippen LogP contribution in [0, 0.1) is 0 Å². The van der Waals surface area contributed by atoms with E-state index in [2.05, 4.69) is 6.07 Å². The first-order chi connectivity index (χ1) is 10.1. The highest BCUT2D eigenvalue weighted by molar-refractivity contribution is 7.14. The summed E-state index contributed by atoms with van der Waals surface area (Å²) in [5.74, 6) is -0.693. The van der Waals surface area contributed by atoms with Crippen molar-refractivity contribution in [3.8, 4) is 0 Å². The van der Waals surface area contributed by atoms with Gasteiger partial charge in [0.05, 0.1) is 4.88 Å². The van der Waals surface area contributed by atoms with Gasteiger partial charge in [0, 0.05) is 31.1 Å². The molecule has 1 unspecified atom stereocenters. The molecule has 114 valence electrons. The Morgan fingerprint density at radius 1 is 1.24 bits per heavy atom. The lowest BCUT2D eigenvalue weighted by atomic mass is 10.2. The molecule has 0 radical (unpaired) electrons. The number of thiophene rings is 1. The highest BCUT2D eigenvalue weighted by Crippen LogP contribution is 2.31. The third kappa shape index (κ3) is 2.82. The fourth-order valence-electron chi connectivity index (χ4n) is 3.06. The smallest absolute Gasteiger partial charge is 0.320 e. The molecular weight excluding hydrogens is 288 g/mol. The van der Waals surface area contributed by atoms with Crippen LogP contribution in [0.15, 0.2) is 6.07 Å². The van der Waals surface area contributed by atoms with Crippen molar-refractivity contribution in [3.63, 3.8) is 0 Å². The van der Waals surface area contributed by atoms with E-state index < -0.39 is 12.0 Å². The maximum absolute atomic E-state index is 12.5. The average Bonchev–Trinajstić information content (AvgIpc) is 3.07. The molecule has 1 aromatic heterocycles. The molecule has 1 aliphatic heterocycles. The Hall–Kier alpha value is -1.40. The summed E-state index contributed by atoms with van der Waals surface area (Å²) in [5.41, 5.74) is 1.35. The van der Waals surface area contributed by atoms with Crippen LogP contribution in [-0.4, -0.2) is 59.0 Å².